The molecule has 21 heavy (non-hydrogen) atoms. The molecule has 0 heterocycles. The van der Waals surface area contributed by atoms with Gasteiger partial charge in [0.1, 0.15) is 10.7 Å². The Balaban J connectivity index is 2.52. The monoisotopic (exact) mass is 306 g/mol. The lowest BCUT2D eigenvalue weighted by Gasteiger charge is -2.24. The van der Waals surface area contributed by atoms with Crippen LogP contribution < -0.4 is 10.6 Å². The van der Waals surface area contributed by atoms with E-state index in [9.17, 15) is 8.78 Å². The molecule has 2 nitrogen and oxygen atoms in total. The molecule has 110 valence electrons. The minimum Gasteiger partial charge on any atom is -0.389 e. The Hall–Kier alpha value is -2.01. The zero-order valence-corrected chi connectivity index (χ0v) is 12.7. The average Bonchev–Trinajstić information content (AvgIpc) is 2.43. The van der Waals surface area contributed by atoms with Gasteiger partial charge in [-0.15, -0.1) is 0 Å². The number of benzene rings is 2. The van der Waals surface area contributed by atoms with Crippen molar-refractivity contribution in [1.82, 2.24) is 0 Å². The van der Waals surface area contributed by atoms with Crippen molar-refractivity contribution in [1.29, 1.82) is 0 Å². The van der Waals surface area contributed by atoms with Crippen LogP contribution in [0.2, 0.25) is 0 Å². The number of halogens is 2. The van der Waals surface area contributed by atoms with Crippen molar-refractivity contribution in [3.05, 3.63) is 59.2 Å². The normalized spacial score (nSPS) is 10.5. The molecule has 2 aromatic rings. The topological polar surface area (TPSA) is 29.3 Å². The minimum atomic E-state index is -0.680. The quantitative estimate of drug-likeness (QED) is 0.864. The number of rotatable bonds is 4. The molecule has 0 aromatic heterocycles. The van der Waals surface area contributed by atoms with Crippen molar-refractivity contribution in [2.24, 2.45) is 5.73 Å². The van der Waals surface area contributed by atoms with E-state index in [1.54, 1.807) is 4.90 Å². The standard InChI is InChI=1S/C16H16F2N2S/c1-3-20(12-6-4-10(2)5-7-12)15-13(17)8-11(16(19)21)9-14(15)18/h4-9H,3H2,1-2H3,(H2,19,21). The van der Waals surface area contributed by atoms with Gasteiger partial charge in [-0.1, -0.05) is 29.9 Å². The van der Waals surface area contributed by atoms with E-state index in [1.165, 1.54) is 0 Å². The fourth-order valence-corrected chi connectivity index (χ4v) is 2.28. The summed E-state index contributed by atoms with van der Waals surface area (Å²) in [6, 6.07) is 9.79. The highest BCUT2D eigenvalue weighted by molar-refractivity contribution is 7.80. The lowest BCUT2D eigenvalue weighted by atomic mass is 10.1. The number of hydrogen-bond donors (Lipinski definition) is 1. The van der Waals surface area contributed by atoms with E-state index >= 15 is 0 Å². The van der Waals surface area contributed by atoms with Crippen LogP contribution in [0.5, 0.6) is 0 Å². The van der Waals surface area contributed by atoms with Crippen molar-refractivity contribution in [3.63, 3.8) is 0 Å². The van der Waals surface area contributed by atoms with E-state index in [2.05, 4.69) is 0 Å². The second kappa shape index (κ2) is 6.18. The molecule has 0 bridgehead atoms. The number of aryl methyl sites for hydroxylation is 1. The number of anilines is 2. The summed E-state index contributed by atoms with van der Waals surface area (Å²) in [5.74, 6) is -1.36. The van der Waals surface area contributed by atoms with Crippen molar-refractivity contribution < 1.29 is 8.78 Å². The fourth-order valence-electron chi connectivity index (χ4n) is 2.16. The van der Waals surface area contributed by atoms with Crippen molar-refractivity contribution in [3.8, 4) is 0 Å². The van der Waals surface area contributed by atoms with Gasteiger partial charge < -0.3 is 10.6 Å². The Morgan fingerprint density at radius 3 is 2.10 bits per heavy atom. The van der Waals surface area contributed by atoms with Gasteiger partial charge in [0.15, 0.2) is 11.6 Å². The summed E-state index contributed by atoms with van der Waals surface area (Å²) < 4.78 is 28.6. The van der Waals surface area contributed by atoms with E-state index in [0.717, 1.165) is 23.4 Å². The van der Waals surface area contributed by atoms with Gasteiger partial charge in [-0.25, -0.2) is 8.78 Å². The van der Waals surface area contributed by atoms with Gasteiger partial charge in [-0.05, 0) is 38.1 Å². The molecule has 0 saturated carbocycles. The molecule has 0 aliphatic heterocycles. The van der Waals surface area contributed by atoms with E-state index in [0.29, 0.717) is 6.54 Å². The molecular formula is C16H16F2N2S. The van der Waals surface area contributed by atoms with Crippen LogP contribution in [0.4, 0.5) is 20.2 Å². The van der Waals surface area contributed by atoms with Gasteiger partial charge in [0.05, 0.1) is 0 Å². The van der Waals surface area contributed by atoms with E-state index < -0.39 is 11.6 Å². The molecule has 0 saturated heterocycles. The van der Waals surface area contributed by atoms with Crippen LogP contribution in [0.1, 0.15) is 18.1 Å². The first-order chi connectivity index (χ1) is 9.93. The van der Waals surface area contributed by atoms with Crippen LogP contribution in [-0.4, -0.2) is 11.5 Å². The summed E-state index contributed by atoms with van der Waals surface area (Å²) in [6.45, 7) is 4.22. The molecule has 2 N–H and O–H groups in total. The van der Waals surface area contributed by atoms with Crippen molar-refractivity contribution >= 4 is 28.6 Å². The number of nitrogens with two attached hydrogens (primary N) is 1. The molecule has 0 radical (unpaired) electrons. The van der Waals surface area contributed by atoms with Gasteiger partial charge in [0, 0.05) is 17.8 Å². The molecule has 0 amide bonds. The SMILES string of the molecule is CCN(c1ccc(C)cc1)c1c(F)cc(C(N)=S)cc1F. The number of nitrogens with zero attached hydrogens (tertiary/aromatic N) is 1. The Morgan fingerprint density at radius 2 is 1.67 bits per heavy atom. The second-order valence-corrected chi connectivity index (χ2v) is 5.17. The van der Waals surface area contributed by atoms with Crippen LogP contribution >= 0.6 is 12.2 Å². The zero-order valence-electron chi connectivity index (χ0n) is 11.9. The lowest BCUT2D eigenvalue weighted by molar-refractivity contribution is 0.581. The maximum Gasteiger partial charge on any atom is 0.150 e. The van der Waals surface area contributed by atoms with E-state index in [-0.39, 0.29) is 16.2 Å². The van der Waals surface area contributed by atoms with Gasteiger partial charge in [-0.3, -0.25) is 0 Å². The molecule has 0 spiro atoms. The van der Waals surface area contributed by atoms with Gasteiger partial charge in [0.2, 0.25) is 0 Å². The van der Waals surface area contributed by atoms with Crippen LogP contribution in [0.25, 0.3) is 0 Å². The summed E-state index contributed by atoms with van der Waals surface area (Å²) in [5, 5.41) is 0. The maximum atomic E-state index is 14.3. The third-order valence-corrected chi connectivity index (χ3v) is 3.47. The smallest absolute Gasteiger partial charge is 0.150 e. The fraction of sp³-hybridized carbons (Fsp3) is 0.188. The van der Waals surface area contributed by atoms with E-state index in [1.807, 2.05) is 38.1 Å². The average molecular weight is 306 g/mol. The van der Waals surface area contributed by atoms with Crippen molar-refractivity contribution in [2.45, 2.75) is 13.8 Å². The molecule has 2 rings (SSSR count). The molecule has 0 unspecified atom stereocenters. The largest absolute Gasteiger partial charge is 0.389 e. The summed E-state index contributed by atoms with van der Waals surface area (Å²) in [6.07, 6.45) is 0. The Bertz CT molecular complexity index is 645. The lowest BCUT2D eigenvalue weighted by Crippen LogP contribution is -2.20. The molecule has 0 fully saturated rings. The van der Waals surface area contributed by atoms with Crippen LogP contribution in [0.15, 0.2) is 36.4 Å². The molecule has 2 aromatic carbocycles. The third-order valence-electron chi connectivity index (χ3n) is 3.23. The zero-order chi connectivity index (χ0) is 15.6. The summed E-state index contributed by atoms with van der Waals surface area (Å²) in [4.78, 5) is 1.55. The number of thiocarbonyl (C=S) groups is 1. The van der Waals surface area contributed by atoms with Crippen LogP contribution in [0.3, 0.4) is 0 Å². The van der Waals surface area contributed by atoms with E-state index in [4.69, 9.17) is 18.0 Å². The Morgan fingerprint density at radius 1 is 1.14 bits per heavy atom. The Labute approximate surface area is 128 Å². The van der Waals surface area contributed by atoms with Crippen LogP contribution in [-0.2, 0) is 0 Å². The van der Waals surface area contributed by atoms with Crippen LogP contribution in [0, 0.1) is 18.6 Å². The Kier molecular flexibility index (Phi) is 4.53. The molecular weight excluding hydrogens is 290 g/mol. The predicted molar refractivity (Wildman–Crippen MR) is 86.1 cm³/mol. The van der Waals surface area contributed by atoms with Crippen molar-refractivity contribution in [2.75, 3.05) is 11.4 Å². The molecule has 0 atom stereocenters. The second-order valence-electron chi connectivity index (χ2n) is 4.73. The third kappa shape index (κ3) is 3.19. The highest BCUT2D eigenvalue weighted by Gasteiger charge is 2.19. The summed E-state index contributed by atoms with van der Waals surface area (Å²) in [5.41, 5.74) is 7.32. The first kappa shape index (κ1) is 15.4. The highest BCUT2D eigenvalue weighted by atomic mass is 32.1. The maximum absolute atomic E-state index is 14.3. The minimum absolute atomic E-state index is 0.0299. The first-order valence-electron chi connectivity index (χ1n) is 6.57. The van der Waals surface area contributed by atoms with Gasteiger partial charge in [0.25, 0.3) is 0 Å². The van der Waals surface area contributed by atoms with Gasteiger partial charge in [-0.2, -0.15) is 0 Å². The molecule has 0 aliphatic rings. The first-order valence-corrected chi connectivity index (χ1v) is 6.98. The summed E-state index contributed by atoms with van der Waals surface area (Å²) >= 11 is 4.76. The molecule has 0 aliphatic carbocycles. The highest BCUT2D eigenvalue weighted by Crippen LogP contribution is 2.31. The number of hydrogen-bond acceptors (Lipinski definition) is 2. The summed E-state index contributed by atoms with van der Waals surface area (Å²) in [7, 11) is 0. The predicted octanol–water partition coefficient (Wildman–Crippen LogP) is 4.07. The molecule has 5 heteroatoms. The van der Waals surface area contributed by atoms with Gasteiger partial charge >= 0.3 is 0 Å².